The van der Waals surface area contributed by atoms with Gasteiger partial charge in [0.15, 0.2) is 11.1 Å². The maximum absolute atomic E-state index is 10.9. The molecule has 0 rings (SSSR count). The van der Waals surface area contributed by atoms with Crippen molar-refractivity contribution in [2.24, 2.45) is 0 Å². The molecule has 14 heavy (non-hydrogen) atoms. The summed E-state index contributed by atoms with van der Waals surface area (Å²) < 4.78 is 20.7. The van der Waals surface area contributed by atoms with Gasteiger partial charge in [-0.1, -0.05) is 0 Å². The summed E-state index contributed by atoms with van der Waals surface area (Å²) in [4.78, 5) is 0. The standard InChI is InChI=1S/C9H21NO3S/c1-4-10(5-2,6-3)7-9(8-11)14(12)13/h9,11H,4-8H2,1-3H3/p+1. The Morgan fingerprint density at radius 2 is 1.64 bits per heavy atom. The molecule has 0 aromatic carbocycles. The Hall–Kier alpha value is 0.0300. The normalized spacial score (nSPS) is 16.6. The average molecular weight is 224 g/mol. The lowest BCUT2D eigenvalue weighted by Gasteiger charge is -2.37. The Kier molecular flexibility index (Phi) is 6.52. The molecule has 0 saturated heterocycles. The second-order valence-corrected chi connectivity index (χ2v) is 4.77. The molecule has 2 N–H and O–H groups in total. The summed E-state index contributed by atoms with van der Waals surface area (Å²) in [6, 6.07) is 0. The van der Waals surface area contributed by atoms with Gasteiger partial charge < -0.3 is 14.1 Å². The number of aliphatic hydroxyl groups excluding tert-OH is 1. The molecule has 0 fully saturated rings. The Morgan fingerprint density at radius 1 is 1.21 bits per heavy atom. The van der Waals surface area contributed by atoms with Crippen LogP contribution in [0.5, 0.6) is 0 Å². The van der Waals surface area contributed by atoms with E-state index in [4.69, 9.17) is 9.66 Å². The first kappa shape index (κ1) is 14.0. The number of nitrogens with zero attached hydrogens (tertiary/aromatic N) is 1. The second kappa shape index (κ2) is 6.50. The number of quaternary nitrogens is 1. The maximum atomic E-state index is 10.9. The summed E-state index contributed by atoms with van der Waals surface area (Å²) in [5, 5.41) is 8.46. The van der Waals surface area contributed by atoms with Gasteiger partial charge in [-0.25, -0.2) is 4.21 Å². The first-order valence-electron chi connectivity index (χ1n) is 5.10. The fourth-order valence-electron chi connectivity index (χ4n) is 1.68. The van der Waals surface area contributed by atoms with E-state index in [1.54, 1.807) is 0 Å². The van der Waals surface area contributed by atoms with E-state index in [1.165, 1.54) is 0 Å². The molecule has 0 aliphatic rings. The molecule has 0 aliphatic heterocycles. The minimum Gasteiger partial charge on any atom is -0.395 e. The van der Waals surface area contributed by atoms with E-state index in [9.17, 15) is 4.21 Å². The zero-order valence-corrected chi connectivity index (χ0v) is 10.1. The van der Waals surface area contributed by atoms with Crippen molar-refractivity contribution in [3.63, 3.8) is 0 Å². The van der Waals surface area contributed by atoms with Gasteiger partial charge in [0, 0.05) is 0 Å². The van der Waals surface area contributed by atoms with Crippen molar-refractivity contribution in [3.8, 4) is 0 Å². The number of aliphatic hydroxyl groups is 1. The average Bonchev–Trinajstić information content (AvgIpc) is 2.20. The predicted octanol–water partition coefficient (Wildman–Crippen LogP) is 0.446. The highest BCUT2D eigenvalue weighted by atomic mass is 32.2. The molecule has 0 saturated carbocycles. The molecule has 0 radical (unpaired) electrons. The molecule has 0 spiro atoms. The van der Waals surface area contributed by atoms with E-state index in [0.717, 1.165) is 24.1 Å². The van der Waals surface area contributed by atoms with Crippen molar-refractivity contribution in [2.45, 2.75) is 26.0 Å². The van der Waals surface area contributed by atoms with Gasteiger partial charge in [0.25, 0.3) is 0 Å². The highest BCUT2D eigenvalue weighted by Gasteiger charge is 2.28. The zero-order valence-electron chi connectivity index (χ0n) is 9.27. The van der Waals surface area contributed by atoms with Gasteiger partial charge in [-0.05, 0) is 20.8 Å². The van der Waals surface area contributed by atoms with Crippen LogP contribution in [0.2, 0.25) is 0 Å². The minimum absolute atomic E-state index is 0.219. The van der Waals surface area contributed by atoms with Crippen LogP contribution in [0.1, 0.15) is 20.8 Å². The third kappa shape index (κ3) is 3.65. The first-order chi connectivity index (χ1) is 6.55. The van der Waals surface area contributed by atoms with E-state index in [2.05, 4.69) is 20.8 Å². The first-order valence-corrected chi connectivity index (χ1v) is 6.27. The van der Waals surface area contributed by atoms with Crippen LogP contribution in [-0.4, -0.2) is 56.4 Å². The van der Waals surface area contributed by atoms with Crippen LogP contribution < -0.4 is 0 Å². The van der Waals surface area contributed by atoms with E-state index in [1.807, 2.05) is 0 Å². The Labute approximate surface area is 88.8 Å². The Bertz CT molecular complexity index is 175. The molecule has 2 unspecified atom stereocenters. The molecule has 0 aromatic heterocycles. The summed E-state index contributed by atoms with van der Waals surface area (Å²) in [5.41, 5.74) is 0. The van der Waals surface area contributed by atoms with Crippen LogP contribution in [0.25, 0.3) is 0 Å². The molecule has 0 bridgehead atoms. The van der Waals surface area contributed by atoms with Gasteiger partial charge in [-0.3, -0.25) is 0 Å². The summed E-state index contributed by atoms with van der Waals surface area (Å²) in [5.74, 6) is 0. The smallest absolute Gasteiger partial charge is 0.164 e. The molecule has 2 atom stereocenters. The molecule has 0 heterocycles. The molecule has 0 amide bonds. The quantitative estimate of drug-likeness (QED) is 0.487. The molecule has 86 valence electrons. The van der Waals surface area contributed by atoms with Crippen LogP contribution >= 0.6 is 0 Å². The van der Waals surface area contributed by atoms with Gasteiger partial charge in [0.05, 0.1) is 32.8 Å². The minimum atomic E-state index is -1.92. The fourth-order valence-corrected chi connectivity index (χ4v) is 2.25. The van der Waals surface area contributed by atoms with Crippen molar-refractivity contribution < 1.29 is 18.4 Å². The topological polar surface area (TPSA) is 57.5 Å². The number of hydrogen-bond donors (Lipinski definition) is 2. The molecular formula is C9H22NO3S+. The van der Waals surface area contributed by atoms with Crippen molar-refractivity contribution in [1.82, 2.24) is 0 Å². The summed E-state index contributed by atoms with van der Waals surface area (Å²) in [6.07, 6.45) is 0. The van der Waals surface area contributed by atoms with E-state index in [0.29, 0.717) is 6.54 Å². The number of hydrogen-bond acceptors (Lipinski definition) is 2. The van der Waals surface area contributed by atoms with Crippen molar-refractivity contribution >= 4 is 11.1 Å². The molecule has 0 aromatic rings. The third-order valence-corrected chi connectivity index (χ3v) is 3.96. The lowest BCUT2D eigenvalue weighted by Crippen LogP contribution is -2.53. The SMILES string of the molecule is CC[N+](CC)(CC)CC(CO)S(=O)O. The van der Waals surface area contributed by atoms with Crippen LogP contribution in [0.15, 0.2) is 0 Å². The summed E-state index contributed by atoms with van der Waals surface area (Å²) >= 11 is -1.92. The predicted molar refractivity (Wildman–Crippen MR) is 58.4 cm³/mol. The molecule has 5 heteroatoms. The highest BCUT2D eigenvalue weighted by molar-refractivity contribution is 7.79. The zero-order chi connectivity index (χ0) is 11.2. The van der Waals surface area contributed by atoms with Crippen molar-refractivity contribution in [2.75, 3.05) is 32.8 Å². The van der Waals surface area contributed by atoms with Gasteiger partial charge in [-0.2, -0.15) is 0 Å². The monoisotopic (exact) mass is 224 g/mol. The maximum Gasteiger partial charge on any atom is 0.164 e. The molecule has 4 nitrogen and oxygen atoms in total. The van der Waals surface area contributed by atoms with Crippen LogP contribution in [0, 0.1) is 0 Å². The van der Waals surface area contributed by atoms with Crippen LogP contribution in [-0.2, 0) is 11.1 Å². The largest absolute Gasteiger partial charge is 0.395 e. The van der Waals surface area contributed by atoms with E-state index >= 15 is 0 Å². The highest BCUT2D eigenvalue weighted by Crippen LogP contribution is 2.09. The van der Waals surface area contributed by atoms with Gasteiger partial charge in [-0.15, -0.1) is 0 Å². The molecular weight excluding hydrogens is 202 g/mol. The number of rotatable bonds is 7. The van der Waals surface area contributed by atoms with Crippen LogP contribution in [0.4, 0.5) is 0 Å². The van der Waals surface area contributed by atoms with Gasteiger partial charge in [0.1, 0.15) is 5.25 Å². The van der Waals surface area contributed by atoms with Gasteiger partial charge in [0.2, 0.25) is 0 Å². The van der Waals surface area contributed by atoms with E-state index < -0.39 is 16.3 Å². The lowest BCUT2D eigenvalue weighted by atomic mass is 10.3. The molecule has 0 aliphatic carbocycles. The lowest BCUT2D eigenvalue weighted by molar-refractivity contribution is -0.922. The van der Waals surface area contributed by atoms with Gasteiger partial charge >= 0.3 is 0 Å². The summed E-state index contributed by atoms with van der Waals surface area (Å²) in [7, 11) is 0. The van der Waals surface area contributed by atoms with Crippen molar-refractivity contribution in [1.29, 1.82) is 0 Å². The summed E-state index contributed by atoms with van der Waals surface area (Å²) in [6.45, 7) is 9.36. The fraction of sp³-hybridized carbons (Fsp3) is 1.00. The second-order valence-electron chi connectivity index (χ2n) is 3.55. The van der Waals surface area contributed by atoms with E-state index in [-0.39, 0.29) is 6.61 Å². The van der Waals surface area contributed by atoms with Crippen molar-refractivity contribution in [3.05, 3.63) is 0 Å². The Morgan fingerprint density at radius 3 is 1.86 bits per heavy atom. The third-order valence-electron chi connectivity index (χ3n) is 3.09. The Balaban J connectivity index is 4.47. The van der Waals surface area contributed by atoms with Crippen LogP contribution in [0.3, 0.4) is 0 Å².